The molecule has 0 spiro atoms. The molecule has 1 N–H and O–H groups in total. The Morgan fingerprint density at radius 3 is 2.65 bits per heavy atom. The number of hydrogen-bond acceptors (Lipinski definition) is 6. The largest absolute Gasteiger partial charge is 0.416 e. The summed E-state index contributed by atoms with van der Waals surface area (Å²) in [7, 11) is 0. The van der Waals surface area contributed by atoms with E-state index >= 15 is 0 Å². The molecule has 0 amide bonds. The van der Waals surface area contributed by atoms with Crippen molar-refractivity contribution in [2.24, 2.45) is 0 Å². The second kappa shape index (κ2) is 9.38. The third-order valence-electron chi connectivity index (χ3n) is 5.82. The van der Waals surface area contributed by atoms with Gasteiger partial charge in [0, 0.05) is 24.1 Å². The van der Waals surface area contributed by atoms with Gasteiger partial charge < -0.3 is 10.1 Å². The molecule has 1 aliphatic rings. The molecule has 0 aliphatic carbocycles. The third kappa shape index (κ3) is 5.01. The van der Waals surface area contributed by atoms with E-state index in [0.29, 0.717) is 17.9 Å². The van der Waals surface area contributed by atoms with Crippen LogP contribution < -0.4 is 5.32 Å². The highest BCUT2D eigenvalue weighted by Crippen LogP contribution is 2.30. The Morgan fingerprint density at radius 2 is 1.88 bits per heavy atom. The molecule has 2 aromatic carbocycles. The molecule has 2 aromatic heterocycles. The number of benzene rings is 2. The second-order valence-electron chi connectivity index (χ2n) is 8.23. The van der Waals surface area contributed by atoms with Crippen LogP contribution in [-0.4, -0.2) is 31.3 Å². The highest BCUT2D eigenvalue weighted by Gasteiger charge is 2.30. The molecule has 10 heteroatoms. The lowest BCUT2D eigenvalue weighted by molar-refractivity contribution is -0.137. The van der Waals surface area contributed by atoms with Crippen molar-refractivity contribution in [1.82, 2.24) is 24.7 Å². The average molecular weight is 468 g/mol. The zero-order valence-corrected chi connectivity index (χ0v) is 18.3. The minimum absolute atomic E-state index is 0.00194. The summed E-state index contributed by atoms with van der Waals surface area (Å²) in [5.74, 6) is 0.879. The Balaban J connectivity index is 1.23. The topological polar surface area (TPSA) is 77.8 Å². The number of nitrogens with one attached hydrogen (secondary N) is 1. The summed E-state index contributed by atoms with van der Waals surface area (Å²) in [4.78, 5) is 12.7. The highest BCUT2D eigenvalue weighted by molar-refractivity contribution is 5.79. The first-order chi connectivity index (χ1) is 16.5. The standard InChI is InChI=1S/C24H23F3N6O/c25-24(26,27)18-6-8-19(9-7-18)31-23-29-15-28-21(32-23)11-5-16-4-10-20-17(13-16)14-30-33(20)22-3-1-2-12-34-22/h4,6-10,13-15,22H,1-3,5,11-12H2,(H,28,29,31,32). The van der Waals surface area contributed by atoms with Gasteiger partial charge in [-0.25, -0.2) is 14.6 Å². The van der Waals surface area contributed by atoms with Crippen molar-refractivity contribution in [2.45, 2.75) is 44.5 Å². The summed E-state index contributed by atoms with van der Waals surface area (Å²) in [5, 5.41) is 8.53. The fraction of sp³-hybridized carbons (Fsp3) is 0.333. The van der Waals surface area contributed by atoms with Crippen molar-refractivity contribution >= 4 is 22.5 Å². The van der Waals surface area contributed by atoms with Crippen LogP contribution in [0.5, 0.6) is 0 Å². The van der Waals surface area contributed by atoms with Gasteiger partial charge in [-0.1, -0.05) is 6.07 Å². The number of ether oxygens (including phenoxy) is 1. The fourth-order valence-corrected chi connectivity index (χ4v) is 4.04. The molecule has 176 valence electrons. The van der Waals surface area contributed by atoms with Gasteiger partial charge in [-0.05, 0) is 67.6 Å². The van der Waals surface area contributed by atoms with Crippen LogP contribution in [0, 0.1) is 0 Å². The van der Waals surface area contributed by atoms with Crippen molar-refractivity contribution < 1.29 is 17.9 Å². The molecule has 0 radical (unpaired) electrons. The molecule has 1 saturated heterocycles. The van der Waals surface area contributed by atoms with Crippen LogP contribution in [0.15, 0.2) is 55.0 Å². The zero-order chi connectivity index (χ0) is 23.5. The minimum Gasteiger partial charge on any atom is -0.356 e. The summed E-state index contributed by atoms with van der Waals surface area (Å²) in [5.41, 5.74) is 1.95. The maximum absolute atomic E-state index is 12.7. The molecular formula is C24H23F3N6O. The van der Waals surface area contributed by atoms with Crippen molar-refractivity contribution in [3.8, 4) is 0 Å². The Kier molecular flexibility index (Phi) is 6.14. The van der Waals surface area contributed by atoms with E-state index < -0.39 is 11.7 Å². The Labute approximate surface area is 194 Å². The van der Waals surface area contributed by atoms with Crippen molar-refractivity contribution in [2.75, 3.05) is 11.9 Å². The lowest BCUT2D eigenvalue weighted by Gasteiger charge is -2.23. The van der Waals surface area contributed by atoms with Crippen LogP contribution in [0.1, 0.15) is 42.4 Å². The third-order valence-corrected chi connectivity index (χ3v) is 5.82. The molecule has 1 aliphatic heterocycles. The minimum atomic E-state index is -4.37. The van der Waals surface area contributed by atoms with Crippen LogP contribution in [0.25, 0.3) is 10.9 Å². The number of anilines is 2. The molecule has 1 fully saturated rings. The first-order valence-electron chi connectivity index (χ1n) is 11.2. The van der Waals surface area contributed by atoms with Gasteiger partial charge in [-0.2, -0.15) is 23.3 Å². The van der Waals surface area contributed by atoms with Crippen LogP contribution >= 0.6 is 0 Å². The predicted molar refractivity (Wildman–Crippen MR) is 121 cm³/mol. The molecular weight excluding hydrogens is 445 g/mol. The van der Waals surface area contributed by atoms with Gasteiger partial charge in [0.05, 0.1) is 17.3 Å². The quantitative estimate of drug-likeness (QED) is 0.405. The number of halogens is 3. The summed E-state index contributed by atoms with van der Waals surface area (Å²) < 4.78 is 46.0. The van der Waals surface area contributed by atoms with Gasteiger partial charge in [0.1, 0.15) is 12.2 Å². The van der Waals surface area contributed by atoms with Crippen molar-refractivity contribution in [3.05, 3.63) is 71.9 Å². The number of nitrogens with zero attached hydrogens (tertiary/aromatic N) is 5. The van der Waals surface area contributed by atoms with Crippen molar-refractivity contribution in [1.29, 1.82) is 0 Å². The normalized spacial score (nSPS) is 16.6. The molecule has 5 rings (SSSR count). The molecule has 0 saturated carbocycles. The first-order valence-corrected chi connectivity index (χ1v) is 11.2. The number of aromatic nitrogens is 5. The molecule has 34 heavy (non-hydrogen) atoms. The van der Waals surface area contributed by atoms with Crippen LogP contribution in [-0.2, 0) is 23.8 Å². The van der Waals surface area contributed by atoms with Gasteiger partial charge in [0.15, 0.2) is 6.23 Å². The highest BCUT2D eigenvalue weighted by atomic mass is 19.4. The number of fused-ring (bicyclic) bond motifs is 1. The van der Waals surface area contributed by atoms with Crippen LogP contribution in [0.3, 0.4) is 0 Å². The maximum atomic E-state index is 12.7. The SMILES string of the molecule is FC(F)(F)c1ccc(Nc2ncnc(CCc3ccc4c(cnn4C4CCCCO4)c3)n2)cc1. The van der Waals surface area contributed by atoms with Gasteiger partial charge >= 0.3 is 6.18 Å². The van der Waals surface area contributed by atoms with Crippen molar-refractivity contribution in [3.63, 3.8) is 0 Å². The summed E-state index contributed by atoms with van der Waals surface area (Å²) in [6, 6.07) is 11.0. The van der Waals surface area contributed by atoms with E-state index in [1.54, 1.807) is 0 Å². The van der Waals surface area contributed by atoms with E-state index in [9.17, 15) is 13.2 Å². The number of hydrogen-bond donors (Lipinski definition) is 1. The van der Waals surface area contributed by atoms with E-state index in [0.717, 1.165) is 60.9 Å². The summed E-state index contributed by atoms with van der Waals surface area (Å²) in [6.07, 6.45) is 3.42. The number of rotatable bonds is 6. The molecule has 4 aromatic rings. The molecule has 1 atom stereocenters. The zero-order valence-electron chi connectivity index (χ0n) is 18.3. The Morgan fingerprint density at radius 1 is 1.03 bits per heavy atom. The predicted octanol–water partition coefficient (Wildman–Crippen LogP) is 5.47. The maximum Gasteiger partial charge on any atom is 0.416 e. The monoisotopic (exact) mass is 468 g/mol. The van der Waals surface area contributed by atoms with Crippen LogP contribution in [0.2, 0.25) is 0 Å². The summed E-state index contributed by atoms with van der Waals surface area (Å²) >= 11 is 0. The average Bonchev–Trinajstić information content (AvgIpc) is 3.27. The smallest absolute Gasteiger partial charge is 0.356 e. The second-order valence-corrected chi connectivity index (χ2v) is 8.23. The Bertz CT molecular complexity index is 1270. The van der Waals surface area contributed by atoms with Gasteiger partial charge in [-0.3, -0.25) is 0 Å². The Hall–Kier alpha value is -3.53. The van der Waals surface area contributed by atoms with E-state index in [4.69, 9.17) is 4.74 Å². The van der Waals surface area contributed by atoms with E-state index in [1.165, 1.54) is 18.5 Å². The van der Waals surface area contributed by atoms with Gasteiger partial charge in [-0.15, -0.1) is 0 Å². The number of alkyl halides is 3. The van der Waals surface area contributed by atoms with Gasteiger partial charge in [0.2, 0.25) is 5.95 Å². The van der Waals surface area contributed by atoms with E-state index in [1.807, 2.05) is 10.9 Å². The molecule has 1 unspecified atom stereocenters. The first kappa shape index (κ1) is 22.3. The fourth-order valence-electron chi connectivity index (χ4n) is 4.04. The molecule has 0 bridgehead atoms. The lowest BCUT2D eigenvalue weighted by Crippen LogP contribution is -2.18. The molecule has 3 heterocycles. The lowest BCUT2D eigenvalue weighted by atomic mass is 10.1. The van der Waals surface area contributed by atoms with Gasteiger partial charge in [0.25, 0.3) is 0 Å². The van der Waals surface area contributed by atoms with E-state index in [-0.39, 0.29) is 12.2 Å². The number of aryl methyl sites for hydroxylation is 2. The summed E-state index contributed by atoms with van der Waals surface area (Å²) in [6.45, 7) is 0.770. The molecule has 7 nitrogen and oxygen atoms in total. The van der Waals surface area contributed by atoms with E-state index in [2.05, 4.69) is 43.6 Å². The van der Waals surface area contributed by atoms with Crippen LogP contribution in [0.4, 0.5) is 24.8 Å².